The Morgan fingerprint density at radius 2 is 2.05 bits per heavy atom. The molecule has 0 radical (unpaired) electrons. The van der Waals surface area contributed by atoms with Crippen molar-refractivity contribution < 1.29 is 14.3 Å². The van der Waals surface area contributed by atoms with E-state index in [1.165, 1.54) is 18.6 Å². The van der Waals surface area contributed by atoms with Gasteiger partial charge in [-0.05, 0) is 49.8 Å². The molecule has 0 bridgehead atoms. The van der Waals surface area contributed by atoms with Crippen molar-refractivity contribution in [1.82, 2.24) is 4.90 Å². The zero-order valence-corrected chi connectivity index (χ0v) is 13.5. The van der Waals surface area contributed by atoms with Crippen molar-refractivity contribution in [2.75, 3.05) is 32.6 Å². The van der Waals surface area contributed by atoms with E-state index in [2.05, 4.69) is 0 Å². The summed E-state index contributed by atoms with van der Waals surface area (Å²) in [6.45, 7) is 3.69. The minimum atomic E-state index is 0.0563. The van der Waals surface area contributed by atoms with Crippen LogP contribution in [-0.2, 0) is 4.79 Å². The Morgan fingerprint density at radius 1 is 1.33 bits per heavy atom. The molecule has 0 aromatic heterocycles. The van der Waals surface area contributed by atoms with Gasteiger partial charge in [0.1, 0.15) is 11.5 Å². The predicted molar refractivity (Wildman–Crippen MR) is 86.2 cm³/mol. The van der Waals surface area contributed by atoms with E-state index in [1.54, 1.807) is 7.11 Å². The van der Waals surface area contributed by atoms with Crippen molar-refractivity contribution in [3.05, 3.63) is 24.3 Å². The number of thioether (sulfide) groups is 1. The molecule has 1 amide bonds. The van der Waals surface area contributed by atoms with Crippen LogP contribution in [-0.4, -0.2) is 48.6 Å². The van der Waals surface area contributed by atoms with Gasteiger partial charge < -0.3 is 14.4 Å². The zero-order chi connectivity index (χ0) is 15.1. The highest BCUT2D eigenvalue weighted by atomic mass is 32.2. The molecule has 21 heavy (non-hydrogen) atoms. The molecule has 1 aliphatic heterocycles. The number of benzene rings is 1. The molecule has 1 aliphatic rings. The summed E-state index contributed by atoms with van der Waals surface area (Å²) in [6, 6.07) is 7.28. The molecule has 1 atom stereocenters. The number of ether oxygens (including phenoxy) is 2. The molecule has 1 aromatic carbocycles. The molecule has 0 saturated carbocycles. The van der Waals surface area contributed by atoms with Crippen LogP contribution in [0.25, 0.3) is 0 Å². The van der Waals surface area contributed by atoms with E-state index in [0.717, 1.165) is 18.8 Å². The Hall–Kier alpha value is -1.36. The number of amides is 1. The lowest BCUT2D eigenvalue weighted by Crippen LogP contribution is -2.38. The lowest BCUT2D eigenvalue weighted by molar-refractivity contribution is -0.133. The maximum absolute atomic E-state index is 12.2. The molecule has 2 rings (SSSR count). The Morgan fingerprint density at radius 3 is 2.62 bits per heavy atom. The standard InChI is InChI=1S/C16H23NO3S/c1-3-17(11-15-5-4-10-21-15)16(18)12-20-14-8-6-13(19-2)7-9-14/h6-9,15H,3-5,10-12H2,1-2H3. The molecule has 1 saturated heterocycles. The quantitative estimate of drug-likeness (QED) is 0.776. The maximum atomic E-state index is 12.2. The van der Waals surface area contributed by atoms with Crippen molar-refractivity contribution in [1.29, 1.82) is 0 Å². The van der Waals surface area contributed by atoms with Gasteiger partial charge in [0.25, 0.3) is 5.91 Å². The third-order valence-corrected chi connectivity index (χ3v) is 4.98. The van der Waals surface area contributed by atoms with Gasteiger partial charge in [-0.1, -0.05) is 0 Å². The van der Waals surface area contributed by atoms with E-state index in [-0.39, 0.29) is 12.5 Å². The average Bonchev–Trinajstić information content (AvgIpc) is 3.03. The summed E-state index contributed by atoms with van der Waals surface area (Å²) in [7, 11) is 1.62. The first-order chi connectivity index (χ1) is 10.2. The predicted octanol–water partition coefficient (Wildman–Crippen LogP) is 2.82. The monoisotopic (exact) mass is 309 g/mol. The van der Waals surface area contributed by atoms with Crippen LogP contribution >= 0.6 is 11.8 Å². The van der Waals surface area contributed by atoms with Crippen LogP contribution in [0.15, 0.2) is 24.3 Å². The summed E-state index contributed by atoms with van der Waals surface area (Å²) >= 11 is 1.97. The molecule has 1 fully saturated rings. The second kappa shape index (κ2) is 8.17. The molecule has 116 valence electrons. The van der Waals surface area contributed by atoms with E-state index in [4.69, 9.17) is 9.47 Å². The SMILES string of the molecule is CCN(CC1CCCS1)C(=O)COc1ccc(OC)cc1. The lowest BCUT2D eigenvalue weighted by Gasteiger charge is -2.24. The van der Waals surface area contributed by atoms with Crippen molar-refractivity contribution in [3.8, 4) is 11.5 Å². The molecular formula is C16H23NO3S. The second-order valence-electron chi connectivity index (χ2n) is 5.03. The molecule has 4 nitrogen and oxygen atoms in total. The topological polar surface area (TPSA) is 38.8 Å². The van der Waals surface area contributed by atoms with E-state index in [1.807, 2.05) is 47.9 Å². The van der Waals surface area contributed by atoms with E-state index >= 15 is 0 Å². The first-order valence-electron chi connectivity index (χ1n) is 7.39. The molecule has 0 spiro atoms. The largest absolute Gasteiger partial charge is 0.497 e. The van der Waals surface area contributed by atoms with Crippen molar-refractivity contribution in [2.24, 2.45) is 0 Å². The third-order valence-electron chi connectivity index (χ3n) is 3.60. The molecule has 5 heteroatoms. The first kappa shape index (κ1) is 16.0. The van der Waals surface area contributed by atoms with Crippen molar-refractivity contribution in [3.63, 3.8) is 0 Å². The van der Waals surface area contributed by atoms with Gasteiger partial charge in [0, 0.05) is 18.3 Å². The van der Waals surface area contributed by atoms with Gasteiger partial charge in [0.05, 0.1) is 7.11 Å². The van der Waals surface area contributed by atoms with Gasteiger partial charge >= 0.3 is 0 Å². The Bertz CT molecular complexity index is 443. The Balaban J connectivity index is 1.80. The number of methoxy groups -OCH3 is 1. The minimum Gasteiger partial charge on any atom is -0.497 e. The van der Waals surface area contributed by atoms with Crippen molar-refractivity contribution >= 4 is 17.7 Å². The zero-order valence-electron chi connectivity index (χ0n) is 12.7. The number of carbonyl (C=O) groups excluding carboxylic acids is 1. The van der Waals surface area contributed by atoms with Crippen LogP contribution in [0, 0.1) is 0 Å². The highest BCUT2D eigenvalue weighted by Crippen LogP contribution is 2.26. The number of likely N-dealkylation sites (N-methyl/N-ethyl adjacent to an activating group) is 1. The smallest absolute Gasteiger partial charge is 0.260 e. The first-order valence-corrected chi connectivity index (χ1v) is 8.44. The van der Waals surface area contributed by atoms with E-state index in [0.29, 0.717) is 11.0 Å². The van der Waals surface area contributed by atoms with Crippen LogP contribution < -0.4 is 9.47 Å². The van der Waals surface area contributed by atoms with Crippen molar-refractivity contribution in [2.45, 2.75) is 25.0 Å². The fourth-order valence-corrected chi connectivity index (χ4v) is 3.64. The molecular weight excluding hydrogens is 286 g/mol. The summed E-state index contributed by atoms with van der Waals surface area (Å²) in [5, 5.41) is 0.592. The van der Waals surface area contributed by atoms with Gasteiger partial charge in [0.15, 0.2) is 6.61 Å². The van der Waals surface area contributed by atoms with Gasteiger partial charge in [-0.15, -0.1) is 0 Å². The third kappa shape index (κ3) is 4.84. The maximum Gasteiger partial charge on any atom is 0.260 e. The normalized spacial score (nSPS) is 17.5. The van der Waals surface area contributed by atoms with E-state index in [9.17, 15) is 4.79 Å². The van der Waals surface area contributed by atoms with Gasteiger partial charge in [0.2, 0.25) is 0 Å². The van der Waals surface area contributed by atoms with Crippen LogP contribution in [0.4, 0.5) is 0 Å². The van der Waals surface area contributed by atoms with Gasteiger partial charge in [-0.25, -0.2) is 0 Å². The van der Waals surface area contributed by atoms with Crippen LogP contribution in [0.5, 0.6) is 11.5 Å². The minimum absolute atomic E-state index is 0.0563. The second-order valence-corrected chi connectivity index (χ2v) is 6.44. The highest BCUT2D eigenvalue weighted by molar-refractivity contribution is 8.00. The van der Waals surface area contributed by atoms with Gasteiger partial charge in [-0.3, -0.25) is 4.79 Å². The summed E-state index contributed by atoms with van der Waals surface area (Å²) in [6.07, 6.45) is 2.48. The lowest BCUT2D eigenvalue weighted by atomic mass is 10.2. The average molecular weight is 309 g/mol. The number of nitrogens with zero attached hydrogens (tertiary/aromatic N) is 1. The summed E-state index contributed by atoms with van der Waals surface area (Å²) in [5.41, 5.74) is 0. The number of hydrogen-bond donors (Lipinski definition) is 0. The number of carbonyl (C=O) groups is 1. The molecule has 0 N–H and O–H groups in total. The summed E-state index contributed by atoms with van der Waals surface area (Å²) in [4.78, 5) is 14.1. The summed E-state index contributed by atoms with van der Waals surface area (Å²) < 4.78 is 10.7. The number of rotatable bonds is 7. The van der Waals surface area contributed by atoms with E-state index < -0.39 is 0 Å². The Kier molecular flexibility index (Phi) is 6.23. The van der Waals surface area contributed by atoms with Crippen LogP contribution in [0.2, 0.25) is 0 Å². The fraction of sp³-hybridized carbons (Fsp3) is 0.562. The van der Waals surface area contributed by atoms with Gasteiger partial charge in [-0.2, -0.15) is 11.8 Å². The summed E-state index contributed by atoms with van der Waals surface area (Å²) in [5.74, 6) is 2.75. The fourth-order valence-electron chi connectivity index (χ4n) is 2.35. The molecule has 1 heterocycles. The molecule has 1 aromatic rings. The highest BCUT2D eigenvalue weighted by Gasteiger charge is 2.21. The molecule has 1 unspecified atom stereocenters. The molecule has 0 aliphatic carbocycles. The number of hydrogen-bond acceptors (Lipinski definition) is 4. The van der Waals surface area contributed by atoms with Crippen LogP contribution in [0.3, 0.4) is 0 Å². The Labute approximate surface area is 130 Å². The van der Waals surface area contributed by atoms with Crippen LogP contribution in [0.1, 0.15) is 19.8 Å².